The molecule has 0 atom stereocenters. The van der Waals surface area contributed by atoms with Gasteiger partial charge < -0.3 is 14.8 Å². The monoisotopic (exact) mass is 402 g/mol. The lowest BCUT2D eigenvalue weighted by molar-refractivity contribution is 0.476. The minimum absolute atomic E-state index is 0.764. The highest BCUT2D eigenvalue weighted by atomic mass is 35.5. The van der Waals surface area contributed by atoms with Crippen LogP contribution >= 0.6 is 11.6 Å². The van der Waals surface area contributed by atoms with Crippen molar-refractivity contribution in [3.05, 3.63) is 46.5 Å². The van der Waals surface area contributed by atoms with Crippen LogP contribution in [0.5, 0.6) is 0 Å². The van der Waals surface area contributed by atoms with Gasteiger partial charge in [-0.15, -0.1) is 10.2 Å². The van der Waals surface area contributed by atoms with Crippen molar-refractivity contribution < 1.29 is 0 Å². The Labute approximate surface area is 173 Å². The molecule has 1 aromatic carbocycles. The van der Waals surface area contributed by atoms with Crippen molar-refractivity contribution in [1.29, 1.82) is 0 Å². The minimum atomic E-state index is 0.764. The fraction of sp³-hybridized carbons (Fsp3) is 0.571. The first-order chi connectivity index (χ1) is 13.7. The number of nitrogens with one attached hydrogen (secondary N) is 1. The molecule has 2 aromatic rings. The molecule has 0 spiro atoms. The maximum Gasteiger partial charge on any atom is 0.193 e. The number of nitrogens with zero attached hydrogens (tertiary/aromatic N) is 5. The van der Waals surface area contributed by atoms with E-state index in [1.807, 2.05) is 18.2 Å². The summed E-state index contributed by atoms with van der Waals surface area (Å²) in [6, 6.07) is 7.97. The van der Waals surface area contributed by atoms with E-state index in [1.54, 1.807) is 0 Å². The molecule has 0 radical (unpaired) electrons. The van der Waals surface area contributed by atoms with Gasteiger partial charge in [-0.05, 0) is 43.9 Å². The van der Waals surface area contributed by atoms with E-state index in [2.05, 4.69) is 45.0 Å². The van der Waals surface area contributed by atoms with Crippen molar-refractivity contribution in [1.82, 2.24) is 25.0 Å². The molecule has 152 valence electrons. The lowest BCUT2D eigenvalue weighted by Crippen LogP contribution is -2.38. The number of hydrogen-bond acceptors (Lipinski definition) is 3. The second kappa shape index (κ2) is 10.5. The highest BCUT2D eigenvalue weighted by molar-refractivity contribution is 6.30. The summed E-state index contributed by atoms with van der Waals surface area (Å²) in [5, 5.41) is 12.9. The Morgan fingerprint density at radius 3 is 3.00 bits per heavy atom. The first-order valence-corrected chi connectivity index (χ1v) is 10.7. The average molecular weight is 403 g/mol. The average Bonchev–Trinajstić information content (AvgIpc) is 2.90. The van der Waals surface area contributed by atoms with Crippen molar-refractivity contribution in [2.24, 2.45) is 4.99 Å². The van der Waals surface area contributed by atoms with Gasteiger partial charge in [0.05, 0.1) is 0 Å². The zero-order valence-corrected chi connectivity index (χ0v) is 17.8. The number of benzene rings is 1. The van der Waals surface area contributed by atoms with Gasteiger partial charge >= 0.3 is 0 Å². The predicted molar refractivity (Wildman–Crippen MR) is 115 cm³/mol. The number of aromatic nitrogens is 3. The van der Waals surface area contributed by atoms with Gasteiger partial charge in [0.15, 0.2) is 5.96 Å². The Hall–Kier alpha value is -2.08. The Morgan fingerprint density at radius 1 is 1.29 bits per heavy atom. The summed E-state index contributed by atoms with van der Waals surface area (Å²) >= 11 is 6.10. The fourth-order valence-electron chi connectivity index (χ4n) is 3.61. The first-order valence-electron chi connectivity index (χ1n) is 10.3. The van der Waals surface area contributed by atoms with Gasteiger partial charge in [-0.2, -0.15) is 0 Å². The Bertz CT molecular complexity index is 785. The molecule has 7 heteroatoms. The third-order valence-electron chi connectivity index (χ3n) is 5.01. The molecule has 1 aliphatic heterocycles. The van der Waals surface area contributed by atoms with Crippen LogP contribution in [0, 0.1) is 0 Å². The lowest BCUT2D eigenvalue weighted by atomic mass is 10.2. The molecule has 1 aromatic heterocycles. The number of aryl methyl sites for hydroxylation is 2. The van der Waals surface area contributed by atoms with E-state index in [-0.39, 0.29) is 0 Å². The molecule has 0 fully saturated rings. The van der Waals surface area contributed by atoms with Gasteiger partial charge in [0.2, 0.25) is 0 Å². The summed E-state index contributed by atoms with van der Waals surface area (Å²) in [6.07, 6.45) is 6.70. The molecule has 0 amide bonds. The van der Waals surface area contributed by atoms with Crippen molar-refractivity contribution >= 4 is 17.6 Å². The van der Waals surface area contributed by atoms with Gasteiger partial charge in [-0.25, -0.2) is 0 Å². The minimum Gasteiger partial charge on any atom is -0.357 e. The highest BCUT2D eigenvalue weighted by Gasteiger charge is 2.14. The van der Waals surface area contributed by atoms with E-state index in [1.165, 1.54) is 24.8 Å². The van der Waals surface area contributed by atoms with Crippen molar-refractivity contribution in [3.8, 4) is 0 Å². The largest absolute Gasteiger partial charge is 0.357 e. The number of guanidine groups is 1. The van der Waals surface area contributed by atoms with E-state index < -0.39 is 0 Å². The van der Waals surface area contributed by atoms with Crippen LogP contribution < -0.4 is 5.32 Å². The van der Waals surface area contributed by atoms with Crippen molar-refractivity contribution in [3.63, 3.8) is 0 Å². The first kappa shape index (κ1) is 20.6. The highest BCUT2D eigenvalue weighted by Crippen LogP contribution is 2.15. The molecule has 2 heterocycles. The molecule has 1 N–H and O–H groups in total. The van der Waals surface area contributed by atoms with Gasteiger partial charge in [0.25, 0.3) is 0 Å². The molecule has 0 aliphatic carbocycles. The fourth-order valence-corrected chi connectivity index (χ4v) is 3.82. The Morgan fingerprint density at radius 2 is 2.18 bits per heavy atom. The summed E-state index contributed by atoms with van der Waals surface area (Å²) in [4.78, 5) is 6.94. The third kappa shape index (κ3) is 5.71. The number of aliphatic imine (C=N–C) groups is 1. The topological polar surface area (TPSA) is 58.3 Å². The molecular weight excluding hydrogens is 372 g/mol. The standard InChI is InChI=1S/C21H31ClN6/c1-3-23-21(27(2)16-17-9-7-10-18(22)15-17)24-13-8-12-20-26-25-19-11-5-4-6-14-28(19)20/h7,9-10,15H,3-6,8,11-14,16H2,1-2H3,(H,23,24). The molecule has 0 saturated heterocycles. The number of hydrogen-bond donors (Lipinski definition) is 1. The lowest BCUT2D eigenvalue weighted by Gasteiger charge is -2.22. The van der Waals surface area contributed by atoms with Crippen LogP contribution in [0.3, 0.4) is 0 Å². The van der Waals surface area contributed by atoms with Crippen LogP contribution in [0.2, 0.25) is 5.02 Å². The Balaban J connectivity index is 1.55. The van der Waals surface area contributed by atoms with Crippen LogP contribution in [0.25, 0.3) is 0 Å². The summed E-state index contributed by atoms with van der Waals surface area (Å²) < 4.78 is 2.33. The van der Waals surface area contributed by atoms with Crippen LogP contribution in [0.1, 0.15) is 49.8 Å². The zero-order chi connectivity index (χ0) is 19.8. The predicted octanol–water partition coefficient (Wildman–Crippen LogP) is 3.69. The number of rotatable bonds is 7. The van der Waals surface area contributed by atoms with E-state index in [4.69, 9.17) is 16.6 Å². The summed E-state index contributed by atoms with van der Waals surface area (Å²) in [6.45, 7) is 5.53. The zero-order valence-electron chi connectivity index (χ0n) is 17.0. The Kier molecular flexibility index (Phi) is 7.71. The van der Waals surface area contributed by atoms with Gasteiger partial charge in [0, 0.05) is 51.1 Å². The normalized spacial score (nSPS) is 14.5. The second-order valence-electron chi connectivity index (χ2n) is 7.32. The van der Waals surface area contributed by atoms with Gasteiger partial charge in [0.1, 0.15) is 11.6 Å². The van der Waals surface area contributed by atoms with Crippen LogP contribution in [0.15, 0.2) is 29.3 Å². The number of halogens is 1. The molecular formula is C21H31ClN6. The maximum absolute atomic E-state index is 6.10. The maximum atomic E-state index is 6.10. The van der Waals surface area contributed by atoms with Crippen LogP contribution in [-0.2, 0) is 25.9 Å². The van der Waals surface area contributed by atoms with E-state index in [0.717, 1.165) is 68.1 Å². The smallest absolute Gasteiger partial charge is 0.193 e. The van der Waals surface area contributed by atoms with Crippen LogP contribution in [-0.4, -0.2) is 45.8 Å². The van der Waals surface area contributed by atoms with Crippen LogP contribution in [0.4, 0.5) is 0 Å². The SMILES string of the molecule is CCNC(=NCCCc1nnc2n1CCCCC2)N(C)Cc1cccc(Cl)c1. The van der Waals surface area contributed by atoms with Crippen molar-refractivity contribution in [2.45, 2.75) is 58.5 Å². The van der Waals surface area contributed by atoms with E-state index in [0.29, 0.717) is 0 Å². The molecule has 1 aliphatic rings. The molecule has 3 rings (SSSR count). The molecule has 0 saturated carbocycles. The van der Waals surface area contributed by atoms with E-state index in [9.17, 15) is 0 Å². The van der Waals surface area contributed by atoms with E-state index >= 15 is 0 Å². The summed E-state index contributed by atoms with van der Waals surface area (Å²) in [7, 11) is 2.06. The molecule has 0 unspecified atom stereocenters. The third-order valence-corrected chi connectivity index (χ3v) is 5.25. The summed E-state index contributed by atoms with van der Waals surface area (Å²) in [5.74, 6) is 3.19. The molecule has 28 heavy (non-hydrogen) atoms. The molecule has 6 nitrogen and oxygen atoms in total. The van der Waals surface area contributed by atoms with Gasteiger partial charge in [-0.3, -0.25) is 4.99 Å². The van der Waals surface area contributed by atoms with Gasteiger partial charge in [-0.1, -0.05) is 30.2 Å². The van der Waals surface area contributed by atoms with Crippen molar-refractivity contribution in [2.75, 3.05) is 20.1 Å². The quantitative estimate of drug-likeness (QED) is 0.436. The summed E-state index contributed by atoms with van der Waals surface area (Å²) in [5.41, 5.74) is 1.17. The second-order valence-corrected chi connectivity index (χ2v) is 7.76. The molecule has 0 bridgehead atoms. The number of fused-ring (bicyclic) bond motifs is 1.